The maximum Gasteiger partial charge on any atom is 0.0551 e. The average molecular weight is 345 g/mol. The van der Waals surface area contributed by atoms with Crippen LogP contribution in [0, 0.1) is 17.8 Å². The highest BCUT2D eigenvalue weighted by molar-refractivity contribution is 9.10. The van der Waals surface area contributed by atoms with E-state index < -0.39 is 0 Å². The summed E-state index contributed by atoms with van der Waals surface area (Å²) in [6.07, 6.45) is 3.99. The van der Waals surface area contributed by atoms with E-state index in [9.17, 15) is 0 Å². The molecule has 1 aliphatic carbocycles. The maximum atomic E-state index is 6.24. The molecule has 1 N–H and O–H groups in total. The molecule has 1 aliphatic rings. The topological polar surface area (TPSA) is 12.0 Å². The third-order valence-electron chi connectivity index (χ3n) is 4.30. The fourth-order valence-corrected chi connectivity index (χ4v) is 4.10. The van der Waals surface area contributed by atoms with Crippen molar-refractivity contribution in [1.29, 1.82) is 0 Å². The summed E-state index contributed by atoms with van der Waals surface area (Å²) in [5.74, 6) is 2.37. The third kappa shape index (κ3) is 3.74. The first-order valence-corrected chi connectivity index (χ1v) is 8.30. The van der Waals surface area contributed by atoms with Crippen LogP contribution in [0.15, 0.2) is 22.7 Å². The van der Waals surface area contributed by atoms with E-state index in [2.05, 4.69) is 60.3 Å². The summed E-state index contributed by atoms with van der Waals surface area (Å²) in [7, 11) is 2.06. The molecular weight excluding hydrogens is 322 g/mol. The summed E-state index contributed by atoms with van der Waals surface area (Å²) < 4.78 is 0.971. The molecule has 19 heavy (non-hydrogen) atoms. The number of nitrogens with one attached hydrogen (secondary N) is 1. The van der Waals surface area contributed by atoms with Crippen LogP contribution in [-0.2, 0) is 0 Å². The van der Waals surface area contributed by atoms with Crippen LogP contribution < -0.4 is 5.32 Å². The van der Waals surface area contributed by atoms with Gasteiger partial charge in [-0.3, -0.25) is 0 Å². The Bertz CT molecular complexity index is 425. The Labute approximate surface area is 130 Å². The Hall–Kier alpha value is -0.0500. The second kappa shape index (κ2) is 6.60. The van der Waals surface area contributed by atoms with Gasteiger partial charge in [-0.2, -0.15) is 0 Å². The zero-order chi connectivity index (χ0) is 14.0. The predicted molar refractivity (Wildman–Crippen MR) is 86.6 cm³/mol. The van der Waals surface area contributed by atoms with Gasteiger partial charge in [0.2, 0.25) is 0 Å². The van der Waals surface area contributed by atoms with E-state index in [4.69, 9.17) is 11.6 Å². The summed E-state index contributed by atoms with van der Waals surface area (Å²) >= 11 is 9.70. The normalized spacial score (nSPS) is 29.2. The number of rotatable bonds is 3. The van der Waals surface area contributed by atoms with E-state index in [0.717, 1.165) is 21.3 Å². The van der Waals surface area contributed by atoms with Crippen molar-refractivity contribution < 1.29 is 0 Å². The summed E-state index contributed by atoms with van der Waals surface area (Å²) in [6.45, 7) is 4.76. The van der Waals surface area contributed by atoms with Crippen molar-refractivity contribution in [3.8, 4) is 0 Å². The molecule has 106 valence electrons. The van der Waals surface area contributed by atoms with Crippen molar-refractivity contribution in [2.75, 3.05) is 7.05 Å². The Kier molecular flexibility index (Phi) is 5.33. The van der Waals surface area contributed by atoms with Gasteiger partial charge in [0.25, 0.3) is 0 Å². The van der Waals surface area contributed by atoms with Gasteiger partial charge >= 0.3 is 0 Å². The molecule has 0 spiro atoms. The highest BCUT2D eigenvalue weighted by atomic mass is 79.9. The van der Waals surface area contributed by atoms with Gasteiger partial charge in [0.1, 0.15) is 0 Å². The highest BCUT2D eigenvalue weighted by Crippen LogP contribution is 2.40. The minimum absolute atomic E-state index is 0.413. The van der Waals surface area contributed by atoms with Crippen LogP contribution in [0.5, 0.6) is 0 Å². The number of hydrogen-bond acceptors (Lipinski definition) is 1. The van der Waals surface area contributed by atoms with Crippen LogP contribution in [-0.4, -0.2) is 7.05 Å². The largest absolute Gasteiger partial charge is 0.313 e. The minimum Gasteiger partial charge on any atom is -0.313 e. The predicted octanol–water partition coefficient (Wildman–Crippen LogP) is 5.44. The Balaban J connectivity index is 2.21. The zero-order valence-corrected chi connectivity index (χ0v) is 14.3. The van der Waals surface area contributed by atoms with Crippen LogP contribution >= 0.6 is 27.5 Å². The first kappa shape index (κ1) is 15.3. The molecule has 0 radical (unpaired) electrons. The van der Waals surface area contributed by atoms with Gasteiger partial charge in [0.05, 0.1) is 5.02 Å². The molecule has 1 aromatic carbocycles. The van der Waals surface area contributed by atoms with E-state index in [-0.39, 0.29) is 0 Å². The van der Waals surface area contributed by atoms with E-state index in [1.807, 2.05) is 0 Å². The molecule has 2 rings (SSSR count). The monoisotopic (exact) mass is 343 g/mol. The van der Waals surface area contributed by atoms with Crippen molar-refractivity contribution in [2.24, 2.45) is 17.8 Å². The summed E-state index contributed by atoms with van der Waals surface area (Å²) in [5.41, 5.74) is 1.31. The minimum atomic E-state index is 0.413. The SMILES string of the molecule is CNC(c1ccc(Br)c(Cl)c1)C1CC(C)CC(C)C1. The standard InChI is InChI=1S/C16H23BrClN/c1-10-6-11(2)8-13(7-10)16(19-3)12-4-5-14(17)15(18)9-12/h4-5,9-11,13,16,19H,6-8H2,1-3H3. The fraction of sp³-hybridized carbons (Fsp3) is 0.625. The van der Waals surface area contributed by atoms with Gasteiger partial charge in [-0.15, -0.1) is 0 Å². The van der Waals surface area contributed by atoms with Gasteiger partial charge in [-0.1, -0.05) is 31.5 Å². The average Bonchev–Trinajstić information content (AvgIpc) is 2.33. The van der Waals surface area contributed by atoms with Gasteiger partial charge in [-0.05, 0) is 77.7 Å². The lowest BCUT2D eigenvalue weighted by molar-refractivity contribution is 0.180. The van der Waals surface area contributed by atoms with Gasteiger partial charge < -0.3 is 5.32 Å². The molecule has 1 fully saturated rings. The van der Waals surface area contributed by atoms with E-state index >= 15 is 0 Å². The quantitative estimate of drug-likeness (QED) is 0.770. The molecule has 0 bridgehead atoms. The van der Waals surface area contributed by atoms with Gasteiger partial charge in [0.15, 0.2) is 0 Å². The lowest BCUT2D eigenvalue weighted by atomic mass is 9.72. The molecule has 1 nitrogen and oxygen atoms in total. The Morgan fingerprint density at radius 1 is 1.21 bits per heavy atom. The third-order valence-corrected chi connectivity index (χ3v) is 5.53. The van der Waals surface area contributed by atoms with Crippen LogP contribution in [0.25, 0.3) is 0 Å². The molecule has 1 aromatic rings. The van der Waals surface area contributed by atoms with Crippen LogP contribution in [0.2, 0.25) is 5.02 Å². The molecule has 0 amide bonds. The Morgan fingerprint density at radius 3 is 2.37 bits per heavy atom. The van der Waals surface area contributed by atoms with Crippen LogP contribution in [0.4, 0.5) is 0 Å². The number of benzene rings is 1. The van der Waals surface area contributed by atoms with Crippen molar-refractivity contribution in [1.82, 2.24) is 5.32 Å². The van der Waals surface area contributed by atoms with Gasteiger partial charge in [-0.25, -0.2) is 0 Å². The van der Waals surface area contributed by atoms with Gasteiger partial charge in [0, 0.05) is 10.5 Å². The molecule has 3 unspecified atom stereocenters. The molecule has 1 saturated carbocycles. The molecule has 0 heterocycles. The lowest BCUT2D eigenvalue weighted by Crippen LogP contribution is -2.31. The van der Waals surface area contributed by atoms with E-state index in [1.54, 1.807) is 0 Å². The van der Waals surface area contributed by atoms with Crippen molar-refractivity contribution >= 4 is 27.5 Å². The van der Waals surface area contributed by atoms with Crippen molar-refractivity contribution in [3.05, 3.63) is 33.3 Å². The van der Waals surface area contributed by atoms with Crippen LogP contribution in [0.1, 0.15) is 44.7 Å². The zero-order valence-electron chi connectivity index (χ0n) is 11.9. The van der Waals surface area contributed by atoms with Crippen molar-refractivity contribution in [3.63, 3.8) is 0 Å². The number of hydrogen-bond donors (Lipinski definition) is 1. The number of halogens is 2. The van der Waals surface area contributed by atoms with E-state index in [0.29, 0.717) is 12.0 Å². The lowest BCUT2D eigenvalue weighted by Gasteiger charge is -2.36. The highest BCUT2D eigenvalue weighted by Gasteiger charge is 2.30. The second-order valence-electron chi connectivity index (χ2n) is 6.12. The smallest absolute Gasteiger partial charge is 0.0551 e. The van der Waals surface area contributed by atoms with Crippen LogP contribution in [0.3, 0.4) is 0 Å². The molecule has 0 saturated heterocycles. The summed E-state index contributed by atoms with van der Waals surface area (Å²) in [6, 6.07) is 6.74. The molecule has 0 aliphatic heterocycles. The first-order chi connectivity index (χ1) is 9.01. The summed E-state index contributed by atoms with van der Waals surface area (Å²) in [4.78, 5) is 0. The molecule has 3 atom stereocenters. The first-order valence-electron chi connectivity index (χ1n) is 7.13. The maximum absolute atomic E-state index is 6.24. The van der Waals surface area contributed by atoms with E-state index in [1.165, 1.54) is 24.8 Å². The summed E-state index contributed by atoms with van der Waals surface area (Å²) in [5, 5.41) is 4.30. The molecule has 0 aromatic heterocycles. The fourth-order valence-electron chi connectivity index (χ4n) is 3.66. The Morgan fingerprint density at radius 2 is 1.84 bits per heavy atom. The molecular formula is C16H23BrClN. The van der Waals surface area contributed by atoms with Crippen molar-refractivity contribution in [2.45, 2.75) is 39.2 Å². The second-order valence-corrected chi connectivity index (χ2v) is 7.38. The molecule has 3 heteroatoms.